The van der Waals surface area contributed by atoms with E-state index < -0.39 is 0 Å². The van der Waals surface area contributed by atoms with Crippen LogP contribution < -0.4 is 4.74 Å². The molecule has 0 unspecified atom stereocenters. The predicted octanol–water partition coefficient (Wildman–Crippen LogP) is 3.86. The third kappa shape index (κ3) is 2.82. The minimum Gasteiger partial charge on any atom is -0.454 e. The van der Waals surface area contributed by atoms with E-state index in [4.69, 9.17) is 4.74 Å². The molecule has 2 aromatic rings. The van der Waals surface area contributed by atoms with Crippen LogP contribution >= 0.6 is 11.8 Å². The topological polar surface area (TPSA) is 45.9 Å². The summed E-state index contributed by atoms with van der Waals surface area (Å²) in [5.74, 6) is 2.13. The Morgan fingerprint density at radius 3 is 2.89 bits per heavy atom. The molecule has 3 nitrogen and oxygen atoms in total. The molecule has 0 N–H and O–H groups in total. The average Bonchev–Trinajstić information content (AvgIpc) is 2.41. The molecule has 18 heavy (non-hydrogen) atoms. The number of benzene rings is 1. The zero-order valence-corrected chi connectivity index (χ0v) is 10.8. The number of pyridine rings is 1. The van der Waals surface area contributed by atoms with Crippen molar-refractivity contribution in [2.45, 2.75) is 11.8 Å². The van der Waals surface area contributed by atoms with Crippen LogP contribution in [0.25, 0.3) is 0 Å². The largest absolute Gasteiger partial charge is 0.454 e. The van der Waals surface area contributed by atoms with Gasteiger partial charge >= 0.3 is 0 Å². The molecule has 0 aliphatic heterocycles. The second-order valence-corrected chi connectivity index (χ2v) is 4.77. The lowest BCUT2D eigenvalue weighted by Crippen LogP contribution is -1.91. The van der Waals surface area contributed by atoms with Gasteiger partial charge in [-0.15, -0.1) is 11.8 Å². The Kier molecular flexibility index (Phi) is 4.21. The third-order valence-corrected chi connectivity index (χ3v) is 3.20. The molecule has 0 spiro atoms. The molecule has 0 saturated heterocycles. The number of nitriles is 1. The molecule has 0 bridgehead atoms. The Hall–Kier alpha value is -1.99. The van der Waals surface area contributed by atoms with Crippen molar-refractivity contribution in [2.75, 3.05) is 5.75 Å². The predicted molar refractivity (Wildman–Crippen MR) is 71.9 cm³/mol. The van der Waals surface area contributed by atoms with Crippen molar-refractivity contribution >= 4 is 11.8 Å². The fourth-order valence-corrected chi connectivity index (χ4v) is 2.29. The quantitative estimate of drug-likeness (QED) is 0.779. The molecule has 90 valence electrons. The van der Waals surface area contributed by atoms with E-state index in [-0.39, 0.29) is 0 Å². The van der Waals surface area contributed by atoms with Crippen molar-refractivity contribution in [3.63, 3.8) is 0 Å². The van der Waals surface area contributed by atoms with Crippen LogP contribution in [0.1, 0.15) is 12.5 Å². The smallest absolute Gasteiger partial charge is 0.146 e. The number of nitrogens with zero attached hydrogens (tertiary/aromatic N) is 2. The lowest BCUT2D eigenvalue weighted by atomic mass is 10.2. The van der Waals surface area contributed by atoms with Gasteiger partial charge in [0.1, 0.15) is 23.1 Å². The number of hydrogen-bond acceptors (Lipinski definition) is 4. The molecule has 0 aliphatic carbocycles. The first-order valence-corrected chi connectivity index (χ1v) is 6.57. The van der Waals surface area contributed by atoms with Gasteiger partial charge in [0.05, 0.1) is 6.20 Å². The lowest BCUT2D eigenvalue weighted by molar-refractivity contribution is 0.477. The van der Waals surface area contributed by atoms with Gasteiger partial charge in [0.15, 0.2) is 0 Å². The second-order valence-electron chi connectivity index (χ2n) is 3.46. The Labute approximate surface area is 110 Å². The monoisotopic (exact) mass is 256 g/mol. The van der Waals surface area contributed by atoms with E-state index in [9.17, 15) is 5.26 Å². The Morgan fingerprint density at radius 1 is 1.33 bits per heavy atom. The minimum absolute atomic E-state index is 0.573. The minimum atomic E-state index is 0.573. The summed E-state index contributed by atoms with van der Waals surface area (Å²) >= 11 is 1.63. The molecule has 1 aromatic carbocycles. The number of rotatable bonds is 4. The van der Waals surface area contributed by atoms with Crippen molar-refractivity contribution in [1.82, 2.24) is 4.98 Å². The molecule has 0 fully saturated rings. The van der Waals surface area contributed by atoms with Crippen molar-refractivity contribution in [2.24, 2.45) is 0 Å². The normalized spacial score (nSPS) is 9.78. The van der Waals surface area contributed by atoms with Gasteiger partial charge in [0.2, 0.25) is 0 Å². The highest BCUT2D eigenvalue weighted by atomic mass is 32.2. The van der Waals surface area contributed by atoms with Crippen LogP contribution in [0, 0.1) is 11.3 Å². The van der Waals surface area contributed by atoms with Gasteiger partial charge in [-0.2, -0.15) is 5.26 Å². The van der Waals surface area contributed by atoms with Crippen molar-refractivity contribution < 1.29 is 4.74 Å². The summed E-state index contributed by atoms with van der Waals surface area (Å²) in [5, 5.41) is 9.24. The molecule has 2 rings (SSSR count). The summed E-state index contributed by atoms with van der Waals surface area (Å²) in [6.45, 7) is 2.06. The van der Waals surface area contributed by atoms with Crippen LogP contribution in [-0.4, -0.2) is 10.7 Å². The second kappa shape index (κ2) is 6.08. The van der Waals surface area contributed by atoms with E-state index in [1.165, 1.54) is 0 Å². The maximum Gasteiger partial charge on any atom is 0.146 e. The van der Waals surface area contributed by atoms with Crippen molar-refractivity contribution in [1.29, 1.82) is 5.26 Å². The number of ether oxygens (including phenoxy) is 1. The number of thioether (sulfide) groups is 1. The summed E-state index contributed by atoms with van der Waals surface area (Å²) in [7, 11) is 0. The number of aromatic nitrogens is 1. The van der Waals surface area contributed by atoms with Crippen molar-refractivity contribution in [3.05, 3.63) is 48.3 Å². The van der Waals surface area contributed by atoms with Crippen LogP contribution in [0.5, 0.6) is 11.5 Å². The molecule has 0 amide bonds. The molecular weight excluding hydrogens is 244 g/mol. The highest BCUT2D eigenvalue weighted by Crippen LogP contribution is 2.31. The Balaban J connectivity index is 2.34. The van der Waals surface area contributed by atoms with Crippen LogP contribution in [0.4, 0.5) is 0 Å². The van der Waals surface area contributed by atoms with Gasteiger partial charge < -0.3 is 4.74 Å². The van der Waals surface area contributed by atoms with E-state index in [0.29, 0.717) is 17.1 Å². The molecule has 0 atom stereocenters. The molecule has 4 heteroatoms. The van der Waals surface area contributed by atoms with Gasteiger partial charge in [0, 0.05) is 11.1 Å². The molecular formula is C14H12N2OS. The first-order valence-electron chi connectivity index (χ1n) is 5.59. The summed E-state index contributed by atoms with van der Waals surface area (Å²) in [4.78, 5) is 4.93. The summed E-state index contributed by atoms with van der Waals surface area (Å²) in [5.41, 5.74) is 0.577. The van der Waals surface area contributed by atoms with Crippen LogP contribution in [0.2, 0.25) is 0 Å². The SMILES string of the molecule is CCSc1cccc(Oc2cccnc2)c1C#N. The van der Waals surface area contributed by atoms with E-state index in [2.05, 4.69) is 18.0 Å². The first kappa shape index (κ1) is 12.5. The fraction of sp³-hybridized carbons (Fsp3) is 0.143. The first-order chi connectivity index (χ1) is 8.85. The zero-order valence-electron chi connectivity index (χ0n) is 9.96. The molecule has 0 radical (unpaired) electrons. The van der Waals surface area contributed by atoms with Crippen molar-refractivity contribution in [3.8, 4) is 17.6 Å². The molecule has 1 heterocycles. The number of hydrogen-bond donors (Lipinski definition) is 0. The fourth-order valence-electron chi connectivity index (χ4n) is 1.52. The highest BCUT2D eigenvalue weighted by Gasteiger charge is 2.09. The Morgan fingerprint density at radius 2 is 2.22 bits per heavy atom. The summed E-state index contributed by atoms with van der Waals surface area (Å²) in [6.07, 6.45) is 3.31. The standard InChI is InChI=1S/C14H12N2OS/c1-2-18-14-7-3-6-13(12(14)9-15)17-11-5-4-8-16-10-11/h3-8,10H,2H2,1H3. The Bertz CT molecular complexity index is 564. The van der Waals surface area contributed by atoms with Gasteiger partial charge in [0.25, 0.3) is 0 Å². The van der Waals surface area contributed by atoms with E-state index in [1.54, 1.807) is 36.3 Å². The highest BCUT2D eigenvalue weighted by molar-refractivity contribution is 7.99. The van der Waals surface area contributed by atoms with Gasteiger partial charge in [-0.1, -0.05) is 13.0 Å². The van der Waals surface area contributed by atoms with Gasteiger partial charge in [-0.25, -0.2) is 0 Å². The lowest BCUT2D eigenvalue weighted by Gasteiger charge is -2.09. The van der Waals surface area contributed by atoms with E-state index in [1.807, 2.05) is 18.2 Å². The van der Waals surface area contributed by atoms with Crippen LogP contribution in [0.3, 0.4) is 0 Å². The van der Waals surface area contributed by atoms with Gasteiger partial charge in [-0.05, 0) is 30.0 Å². The van der Waals surface area contributed by atoms with E-state index >= 15 is 0 Å². The summed E-state index contributed by atoms with van der Waals surface area (Å²) in [6, 6.07) is 11.4. The molecule has 0 aliphatic rings. The van der Waals surface area contributed by atoms with E-state index in [0.717, 1.165) is 10.6 Å². The maximum absolute atomic E-state index is 9.24. The average molecular weight is 256 g/mol. The zero-order chi connectivity index (χ0) is 12.8. The third-order valence-electron chi connectivity index (χ3n) is 2.26. The summed E-state index contributed by atoms with van der Waals surface area (Å²) < 4.78 is 5.69. The van der Waals surface area contributed by atoms with Crippen LogP contribution in [-0.2, 0) is 0 Å². The maximum atomic E-state index is 9.24. The van der Waals surface area contributed by atoms with Gasteiger partial charge in [-0.3, -0.25) is 4.98 Å². The van der Waals surface area contributed by atoms with Crippen LogP contribution in [0.15, 0.2) is 47.6 Å². The molecule has 1 aromatic heterocycles. The molecule has 0 saturated carbocycles.